The van der Waals surface area contributed by atoms with Crippen LogP contribution >= 0.6 is 23.1 Å². The summed E-state index contributed by atoms with van der Waals surface area (Å²) in [6.07, 6.45) is 9.67. The smallest absolute Gasteiger partial charge is 0.311 e. The van der Waals surface area contributed by atoms with E-state index in [0.717, 1.165) is 43.0 Å². The maximum atomic E-state index is 13.0. The Hall–Kier alpha value is -4.96. The molecule has 1 aliphatic heterocycles. The van der Waals surface area contributed by atoms with Crippen molar-refractivity contribution in [3.63, 3.8) is 0 Å². The monoisotopic (exact) mass is 879 g/mol. The molecule has 0 bridgehead atoms. The molecule has 0 amide bonds. The van der Waals surface area contributed by atoms with Crippen molar-refractivity contribution in [2.45, 2.75) is 68.0 Å². The van der Waals surface area contributed by atoms with Crippen molar-refractivity contribution in [2.24, 2.45) is 5.41 Å². The molecule has 4 atom stereocenters. The lowest BCUT2D eigenvalue weighted by Crippen LogP contribution is -2.58. The maximum Gasteiger partial charge on any atom is 0.311 e. The molecule has 5 aromatic rings. The molecule has 4 aromatic carbocycles. The minimum atomic E-state index is -2.81. The maximum absolute atomic E-state index is 13.0. The number of aliphatic carboxylic acids is 2. The molecule has 2 heterocycles. The topological polar surface area (TPSA) is 162 Å². The van der Waals surface area contributed by atoms with E-state index in [0.29, 0.717) is 34.1 Å². The van der Waals surface area contributed by atoms with E-state index in [4.69, 9.17) is 0 Å². The SMILES string of the molecule is CC1(C)CC(/C=C/C=C2\Sc3ccc(-c4ccccc4)cc3N2C(C)(CC(=O)O)S(=O)[O-])=CC(=C/c2sc3ccc(-c4ccccc4)cc3[n+]2C(C)(CC(=O)O)S(=O)[O-])/C1. The summed E-state index contributed by atoms with van der Waals surface area (Å²) < 4.78 is 54.3. The number of carboxylic acid groups (broad SMARTS) is 2. The van der Waals surface area contributed by atoms with E-state index >= 15 is 0 Å². The summed E-state index contributed by atoms with van der Waals surface area (Å²) in [7, 11) is 0. The number of carbonyl (C=O) groups is 2. The van der Waals surface area contributed by atoms with Crippen molar-refractivity contribution in [1.29, 1.82) is 0 Å². The molecule has 14 heteroatoms. The van der Waals surface area contributed by atoms with Crippen LogP contribution in [-0.2, 0) is 36.6 Å². The fourth-order valence-corrected chi connectivity index (χ4v) is 11.7. The number of hydrogen-bond donors (Lipinski definition) is 2. The number of allylic oxidation sites excluding steroid dienone is 6. The third-order valence-electron chi connectivity index (χ3n) is 10.7. The summed E-state index contributed by atoms with van der Waals surface area (Å²) in [5.74, 6) is -2.49. The van der Waals surface area contributed by atoms with Crippen molar-refractivity contribution >= 4 is 79.2 Å². The zero-order chi connectivity index (χ0) is 43.0. The predicted molar refractivity (Wildman–Crippen MR) is 238 cm³/mol. The van der Waals surface area contributed by atoms with E-state index in [-0.39, 0.29) is 5.41 Å². The Morgan fingerprint density at radius 2 is 1.45 bits per heavy atom. The van der Waals surface area contributed by atoms with Gasteiger partial charge in [-0.3, -0.25) is 18.0 Å². The summed E-state index contributed by atoms with van der Waals surface area (Å²) in [6.45, 7) is 7.14. The number of fused-ring (bicyclic) bond motifs is 2. The molecule has 4 unspecified atom stereocenters. The average Bonchev–Trinajstić information content (AvgIpc) is 3.74. The second kappa shape index (κ2) is 17.2. The number of anilines is 1. The molecule has 2 aliphatic rings. The fourth-order valence-electron chi connectivity index (χ4n) is 8.02. The average molecular weight is 880 g/mol. The van der Waals surface area contributed by atoms with Gasteiger partial charge in [0.2, 0.25) is 10.4 Å². The first-order valence-corrected chi connectivity index (χ1v) is 22.9. The normalized spacial score (nSPS) is 19.5. The number of nitrogens with zero attached hydrogens (tertiary/aromatic N) is 2. The Morgan fingerprint density at radius 3 is 2.05 bits per heavy atom. The summed E-state index contributed by atoms with van der Waals surface area (Å²) in [5.41, 5.74) is 6.49. The molecule has 0 fully saturated rings. The Labute approximate surface area is 362 Å². The first-order chi connectivity index (χ1) is 28.5. The molecule has 7 rings (SSSR count). The molecule has 0 spiro atoms. The van der Waals surface area contributed by atoms with E-state index in [2.05, 4.69) is 19.9 Å². The van der Waals surface area contributed by atoms with Crippen LogP contribution in [0.5, 0.6) is 0 Å². The highest BCUT2D eigenvalue weighted by Gasteiger charge is 2.45. The van der Waals surface area contributed by atoms with Gasteiger partial charge in [-0.2, -0.15) is 4.57 Å². The van der Waals surface area contributed by atoms with Gasteiger partial charge in [0.25, 0.3) is 5.01 Å². The molecule has 310 valence electrons. The Balaban J connectivity index is 1.30. The van der Waals surface area contributed by atoms with E-state index < -0.39 is 56.7 Å². The molecule has 1 aromatic heterocycles. The van der Waals surface area contributed by atoms with E-state index in [1.807, 2.05) is 115 Å². The molecule has 10 nitrogen and oxygen atoms in total. The highest BCUT2D eigenvalue weighted by atomic mass is 32.2. The van der Waals surface area contributed by atoms with Crippen LogP contribution in [0.3, 0.4) is 0 Å². The van der Waals surface area contributed by atoms with Gasteiger partial charge in [-0.1, -0.05) is 128 Å². The third kappa shape index (κ3) is 8.90. The van der Waals surface area contributed by atoms with Crippen LogP contribution in [0.15, 0.2) is 142 Å². The minimum Gasteiger partial charge on any atom is -0.771 e. The van der Waals surface area contributed by atoms with Crippen molar-refractivity contribution in [3.8, 4) is 22.3 Å². The highest BCUT2D eigenvalue weighted by Crippen LogP contribution is 2.52. The molecule has 1 aliphatic carbocycles. The van der Waals surface area contributed by atoms with Gasteiger partial charge >= 0.3 is 11.9 Å². The van der Waals surface area contributed by atoms with Crippen LogP contribution in [0.2, 0.25) is 0 Å². The number of rotatable bonds is 13. The van der Waals surface area contributed by atoms with Gasteiger partial charge in [-0.25, -0.2) is 0 Å². The van der Waals surface area contributed by atoms with Crippen molar-refractivity contribution in [1.82, 2.24) is 0 Å². The number of benzene rings is 4. The fraction of sp³-hybridized carbons (Fsp3) is 0.239. The van der Waals surface area contributed by atoms with Crippen LogP contribution in [0.25, 0.3) is 38.5 Å². The van der Waals surface area contributed by atoms with E-state index in [9.17, 15) is 37.3 Å². The summed E-state index contributed by atoms with van der Waals surface area (Å²) >= 11 is -2.86. The predicted octanol–water partition coefficient (Wildman–Crippen LogP) is 9.76. The number of thiazole rings is 1. The molecular formula is C46H43N2O8S4-. The van der Waals surface area contributed by atoms with Crippen LogP contribution in [0.1, 0.15) is 58.4 Å². The number of carboxylic acids is 2. The molecule has 60 heavy (non-hydrogen) atoms. The lowest BCUT2D eigenvalue weighted by molar-refractivity contribution is -0.709. The number of thioether (sulfide) groups is 1. The highest BCUT2D eigenvalue weighted by molar-refractivity contribution is 8.03. The van der Waals surface area contributed by atoms with Gasteiger partial charge in [0.1, 0.15) is 16.0 Å². The van der Waals surface area contributed by atoms with Crippen LogP contribution in [0, 0.1) is 5.41 Å². The largest absolute Gasteiger partial charge is 0.771 e. The second-order valence-corrected chi connectivity index (χ2v) is 20.9. The Kier molecular flexibility index (Phi) is 12.4. The van der Waals surface area contributed by atoms with Gasteiger partial charge in [0.15, 0.2) is 0 Å². The second-order valence-electron chi connectivity index (χ2n) is 16.1. The van der Waals surface area contributed by atoms with E-state index in [1.54, 1.807) is 15.5 Å². The summed E-state index contributed by atoms with van der Waals surface area (Å²) in [6, 6.07) is 31.0. The Morgan fingerprint density at radius 1 is 0.833 bits per heavy atom. The van der Waals surface area contributed by atoms with Gasteiger partial charge < -0.3 is 24.2 Å². The summed E-state index contributed by atoms with van der Waals surface area (Å²) in [5, 5.41) is 20.9. The van der Waals surface area contributed by atoms with Gasteiger partial charge in [0, 0.05) is 35.0 Å². The van der Waals surface area contributed by atoms with Gasteiger partial charge in [0.05, 0.1) is 17.1 Å². The summed E-state index contributed by atoms with van der Waals surface area (Å²) in [4.78, 5) is 23.1. The quantitative estimate of drug-likeness (QED) is 0.0860. The lowest BCUT2D eigenvalue weighted by Gasteiger charge is -2.41. The lowest BCUT2D eigenvalue weighted by atomic mass is 9.75. The van der Waals surface area contributed by atoms with Crippen molar-refractivity contribution in [3.05, 3.63) is 143 Å². The number of hydrogen-bond acceptors (Lipinski definition) is 9. The first-order valence-electron chi connectivity index (χ1n) is 19.1. The first kappa shape index (κ1) is 43.1. The van der Waals surface area contributed by atoms with Crippen LogP contribution in [-0.4, -0.2) is 44.5 Å². The Bertz CT molecular complexity index is 2670. The van der Waals surface area contributed by atoms with E-state index in [1.165, 1.54) is 36.9 Å². The zero-order valence-corrected chi connectivity index (χ0v) is 36.6. The molecular weight excluding hydrogens is 837 g/mol. The third-order valence-corrected chi connectivity index (χ3v) is 15.0. The minimum absolute atomic E-state index is 0.209. The van der Waals surface area contributed by atoms with Crippen molar-refractivity contribution < 1.29 is 41.9 Å². The van der Waals surface area contributed by atoms with Crippen LogP contribution < -0.4 is 9.47 Å². The van der Waals surface area contributed by atoms with Crippen LogP contribution in [0.4, 0.5) is 5.69 Å². The van der Waals surface area contributed by atoms with Gasteiger partial charge in [-0.05, 0) is 93.9 Å². The molecule has 0 radical (unpaired) electrons. The molecule has 0 saturated heterocycles. The van der Waals surface area contributed by atoms with Gasteiger partial charge in [-0.15, -0.1) is 0 Å². The van der Waals surface area contributed by atoms with Crippen molar-refractivity contribution in [2.75, 3.05) is 4.90 Å². The molecule has 0 saturated carbocycles. The molecule has 2 N–H and O–H groups in total. The number of aromatic nitrogens is 1. The standard InChI is InChI=1S/C46H44N2O8S4/c1-44(2)26-30(12-11-17-40-47(45(3,59(53)54)28-42(49)50)36-24-34(18-20-38(36)57-40)32-13-7-5-8-14-32)22-31(27-44)23-41-48(46(4,60(55)56)29-43(51)52)37-25-35(19-21-39(37)58-41)33-15-9-6-10-16-33/h5-25H,26-29H2,1-4H3,(H3-,49,50,51,52,53,54,55,56)/p-1. The zero-order valence-electron chi connectivity index (χ0n) is 33.3.